The third-order valence-corrected chi connectivity index (χ3v) is 3.86. The van der Waals surface area contributed by atoms with Crippen molar-refractivity contribution in [2.75, 3.05) is 7.11 Å². The predicted octanol–water partition coefficient (Wildman–Crippen LogP) is 3.00. The Balaban J connectivity index is 2.00. The number of carboxylic acid groups (broad SMARTS) is 1. The second kappa shape index (κ2) is 7.11. The fourth-order valence-corrected chi connectivity index (χ4v) is 2.43. The van der Waals surface area contributed by atoms with Crippen LogP contribution < -0.4 is 0 Å². The summed E-state index contributed by atoms with van der Waals surface area (Å²) in [6.07, 6.45) is 2.34. The predicted molar refractivity (Wildman–Crippen MR) is 80.2 cm³/mol. The highest BCUT2D eigenvalue weighted by Gasteiger charge is 2.23. The second-order valence-corrected chi connectivity index (χ2v) is 5.34. The maximum atomic E-state index is 11.6. The van der Waals surface area contributed by atoms with E-state index in [2.05, 4.69) is 0 Å². The highest BCUT2D eigenvalue weighted by atomic mass is 16.5. The van der Waals surface area contributed by atoms with E-state index in [9.17, 15) is 9.59 Å². The van der Waals surface area contributed by atoms with Gasteiger partial charge < -0.3 is 14.6 Å². The lowest BCUT2D eigenvalue weighted by molar-refractivity contribution is -0.138. The fourth-order valence-electron chi connectivity index (χ4n) is 2.43. The van der Waals surface area contributed by atoms with Crippen LogP contribution in [0.3, 0.4) is 0 Å². The number of hydrogen-bond donors (Lipinski definition) is 1. The number of esters is 1. The molecule has 1 aliphatic carbocycles. The Labute approximate surface area is 129 Å². The monoisotopic (exact) mass is 304 g/mol. The standard InChI is InChI=1S/C17H20O5/c1-11(16(18)19)13-8-6-12(7-9-13)10-22-15-5-3-4-14(15)17(20)21-2/h6-9,11H,3-5,10H2,1-2H3,(H,18,19). The molecule has 0 saturated heterocycles. The summed E-state index contributed by atoms with van der Waals surface area (Å²) in [5.41, 5.74) is 2.31. The molecule has 5 heteroatoms. The van der Waals surface area contributed by atoms with Crippen molar-refractivity contribution in [3.8, 4) is 0 Å². The molecule has 22 heavy (non-hydrogen) atoms. The van der Waals surface area contributed by atoms with Gasteiger partial charge in [-0.3, -0.25) is 4.79 Å². The smallest absolute Gasteiger partial charge is 0.337 e. The molecule has 0 bridgehead atoms. The second-order valence-electron chi connectivity index (χ2n) is 5.34. The van der Waals surface area contributed by atoms with Crippen molar-refractivity contribution in [1.82, 2.24) is 0 Å². The largest absolute Gasteiger partial charge is 0.493 e. The molecule has 0 aromatic heterocycles. The molecule has 1 N–H and O–H groups in total. The van der Waals surface area contributed by atoms with Crippen LogP contribution in [-0.4, -0.2) is 24.2 Å². The molecule has 0 spiro atoms. The number of methoxy groups -OCH3 is 1. The van der Waals surface area contributed by atoms with Gasteiger partial charge in [0.15, 0.2) is 0 Å². The van der Waals surface area contributed by atoms with Crippen LogP contribution in [0.5, 0.6) is 0 Å². The third kappa shape index (κ3) is 3.67. The van der Waals surface area contributed by atoms with Crippen LogP contribution in [0.25, 0.3) is 0 Å². The van der Waals surface area contributed by atoms with Gasteiger partial charge in [-0.25, -0.2) is 4.79 Å². The Bertz CT molecular complexity index is 586. The highest BCUT2D eigenvalue weighted by molar-refractivity contribution is 5.89. The van der Waals surface area contributed by atoms with E-state index in [-0.39, 0.29) is 5.97 Å². The number of hydrogen-bond acceptors (Lipinski definition) is 4. The number of rotatable bonds is 6. The average Bonchev–Trinajstić information content (AvgIpc) is 3.00. The maximum absolute atomic E-state index is 11.6. The quantitative estimate of drug-likeness (QED) is 0.818. The number of benzene rings is 1. The lowest BCUT2D eigenvalue weighted by atomic mass is 10.0. The van der Waals surface area contributed by atoms with Crippen LogP contribution in [0, 0.1) is 0 Å². The van der Waals surface area contributed by atoms with Crippen molar-refractivity contribution < 1.29 is 24.2 Å². The lowest BCUT2D eigenvalue weighted by Crippen LogP contribution is -2.07. The minimum absolute atomic E-state index is 0.321. The average molecular weight is 304 g/mol. The topological polar surface area (TPSA) is 72.8 Å². The van der Waals surface area contributed by atoms with Gasteiger partial charge in [-0.15, -0.1) is 0 Å². The molecule has 0 radical (unpaired) electrons. The first-order chi connectivity index (χ1) is 10.5. The minimum Gasteiger partial charge on any atom is -0.493 e. The Morgan fingerprint density at radius 2 is 1.91 bits per heavy atom. The van der Waals surface area contributed by atoms with Crippen LogP contribution in [0.2, 0.25) is 0 Å². The van der Waals surface area contributed by atoms with Crippen molar-refractivity contribution in [2.45, 2.75) is 38.7 Å². The van der Waals surface area contributed by atoms with Gasteiger partial charge in [-0.1, -0.05) is 24.3 Å². The van der Waals surface area contributed by atoms with Crippen molar-refractivity contribution >= 4 is 11.9 Å². The normalized spacial score (nSPS) is 15.5. The first-order valence-corrected chi connectivity index (χ1v) is 7.27. The van der Waals surface area contributed by atoms with Gasteiger partial charge in [0.1, 0.15) is 12.4 Å². The first kappa shape index (κ1) is 16.1. The molecule has 118 valence electrons. The summed E-state index contributed by atoms with van der Waals surface area (Å²) in [7, 11) is 1.37. The van der Waals surface area contributed by atoms with E-state index in [0.717, 1.165) is 24.0 Å². The molecule has 1 aromatic carbocycles. The lowest BCUT2D eigenvalue weighted by Gasteiger charge is -2.11. The van der Waals surface area contributed by atoms with Crippen LogP contribution in [-0.2, 0) is 25.7 Å². The zero-order valence-electron chi connectivity index (χ0n) is 12.8. The van der Waals surface area contributed by atoms with Crippen LogP contribution in [0.1, 0.15) is 43.2 Å². The van der Waals surface area contributed by atoms with E-state index >= 15 is 0 Å². The number of carbonyl (C=O) groups is 2. The zero-order valence-corrected chi connectivity index (χ0v) is 12.8. The number of aliphatic carboxylic acids is 1. The Kier molecular flexibility index (Phi) is 5.20. The van der Waals surface area contributed by atoms with Gasteiger partial charge in [0, 0.05) is 6.42 Å². The molecule has 1 aliphatic rings. The zero-order chi connectivity index (χ0) is 16.1. The van der Waals surface area contributed by atoms with Crippen molar-refractivity contribution in [3.63, 3.8) is 0 Å². The van der Waals surface area contributed by atoms with E-state index in [1.807, 2.05) is 12.1 Å². The van der Waals surface area contributed by atoms with E-state index in [1.165, 1.54) is 7.11 Å². The fraction of sp³-hybridized carbons (Fsp3) is 0.412. The van der Waals surface area contributed by atoms with Crippen LogP contribution >= 0.6 is 0 Å². The summed E-state index contributed by atoms with van der Waals surface area (Å²) < 4.78 is 10.5. The van der Waals surface area contributed by atoms with Gasteiger partial charge in [-0.2, -0.15) is 0 Å². The van der Waals surface area contributed by atoms with E-state index in [1.54, 1.807) is 19.1 Å². The Morgan fingerprint density at radius 1 is 1.23 bits per heavy atom. The van der Waals surface area contributed by atoms with Crippen molar-refractivity contribution in [1.29, 1.82) is 0 Å². The summed E-state index contributed by atoms with van der Waals surface area (Å²) in [5, 5.41) is 8.98. The van der Waals surface area contributed by atoms with Crippen LogP contribution in [0.4, 0.5) is 0 Å². The Hall–Kier alpha value is -2.30. The highest BCUT2D eigenvalue weighted by Crippen LogP contribution is 2.28. The molecule has 0 amide bonds. The third-order valence-electron chi connectivity index (χ3n) is 3.86. The number of ether oxygens (including phenoxy) is 2. The number of carboxylic acids is 1. The number of allylic oxidation sites excluding steroid dienone is 1. The molecule has 0 saturated carbocycles. The molecule has 0 fully saturated rings. The molecule has 1 unspecified atom stereocenters. The molecule has 5 nitrogen and oxygen atoms in total. The number of carbonyl (C=O) groups excluding carboxylic acids is 1. The van der Waals surface area contributed by atoms with Gasteiger partial charge in [0.25, 0.3) is 0 Å². The minimum atomic E-state index is -0.845. The van der Waals surface area contributed by atoms with Crippen molar-refractivity contribution in [3.05, 3.63) is 46.7 Å². The molecular weight excluding hydrogens is 284 g/mol. The molecule has 0 heterocycles. The Morgan fingerprint density at radius 3 is 2.50 bits per heavy atom. The van der Waals surface area contributed by atoms with Crippen molar-refractivity contribution in [2.24, 2.45) is 0 Å². The summed E-state index contributed by atoms with van der Waals surface area (Å²) in [6, 6.07) is 7.29. The van der Waals surface area contributed by atoms with Gasteiger partial charge in [0.2, 0.25) is 0 Å². The summed E-state index contributed by atoms with van der Waals surface area (Å²) in [5.74, 6) is -0.991. The molecule has 1 aromatic rings. The van der Waals surface area contributed by atoms with E-state index in [0.29, 0.717) is 24.4 Å². The summed E-state index contributed by atoms with van der Waals surface area (Å²) in [4.78, 5) is 22.5. The van der Waals surface area contributed by atoms with Gasteiger partial charge >= 0.3 is 11.9 Å². The molecule has 0 aliphatic heterocycles. The van der Waals surface area contributed by atoms with E-state index < -0.39 is 11.9 Å². The molecule has 1 atom stereocenters. The van der Waals surface area contributed by atoms with Gasteiger partial charge in [-0.05, 0) is 30.9 Å². The van der Waals surface area contributed by atoms with Gasteiger partial charge in [0.05, 0.1) is 18.6 Å². The first-order valence-electron chi connectivity index (χ1n) is 7.27. The summed E-state index contributed by atoms with van der Waals surface area (Å²) >= 11 is 0. The SMILES string of the molecule is COC(=O)C1=C(OCc2ccc(C(C)C(=O)O)cc2)CCC1. The van der Waals surface area contributed by atoms with Crippen LogP contribution in [0.15, 0.2) is 35.6 Å². The maximum Gasteiger partial charge on any atom is 0.337 e. The molecular formula is C17H20O5. The summed E-state index contributed by atoms with van der Waals surface area (Å²) in [6.45, 7) is 2.01. The molecule has 2 rings (SSSR count). The van der Waals surface area contributed by atoms with E-state index in [4.69, 9.17) is 14.6 Å².